The summed E-state index contributed by atoms with van der Waals surface area (Å²) >= 11 is 6.08. The number of imidazole rings is 1. The molecule has 168 valence electrons. The predicted molar refractivity (Wildman–Crippen MR) is 127 cm³/mol. The van der Waals surface area contributed by atoms with Crippen LogP contribution in [-0.4, -0.2) is 15.5 Å². The standard InChI is InChI=1S/C26H23ClFN3O2/c1-16-6-9-18(27)14-21(16)30-26(32)23-13-12-22(33-23)25-24(17-7-10-19(28)11-8-17)29-15-31(25)20-4-2-3-5-20/h6-15,20H,2-5H2,1H3,(H,30,32). The summed E-state index contributed by atoms with van der Waals surface area (Å²) in [6.45, 7) is 1.90. The van der Waals surface area contributed by atoms with E-state index in [1.165, 1.54) is 25.0 Å². The lowest BCUT2D eigenvalue weighted by Gasteiger charge is -2.15. The van der Waals surface area contributed by atoms with Crippen molar-refractivity contribution in [2.45, 2.75) is 38.6 Å². The van der Waals surface area contributed by atoms with Gasteiger partial charge in [0.05, 0.1) is 12.0 Å². The van der Waals surface area contributed by atoms with Crippen LogP contribution in [0.4, 0.5) is 10.1 Å². The Bertz CT molecular complexity index is 1300. The Balaban J connectivity index is 1.51. The van der Waals surface area contributed by atoms with Crippen LogP contribution in [0.5, 0.6) is 0 Å². The van der Waals surface area contributed by atoms with Gasteiger partial charge in [0, 0.05) is 22.3 Å². The van der Waals surface area contributed by atoms with Crippen molar-refractivity contribution in [3.63, 3.8) is 0 Å². The minimum atomic E-state index is -0.359. The van der Waals surface area contributed by atoms with E-state index in [2.05, 4.69) is 14.9 Å². The van der Waals surface area contributed by atoms with E-state index in [4.69, 9.17) is 16.0 Å². The van der Waals surface area contributed by atoms with Crippen LogP contribution in [0.25, 0.3) is 22.7 Å². The molecular weight excluding hydrogens is 441 g/mol. The molecule has 0 unspecified atom stereocenters. The summed E-state index contributed by atoms with van der Waals surface area (Å²) in [5.74, 6) is 0.0750. The zero-order valence-corrected chi connectivity index (χ0v) is 18.9. The quantitative estimate of drug-likeness (QED) is 0.338. The van der Waals surface area contributed by atoms with E-state index >= 15 is 0 Å². The van der Waals surface area contributed by atoms with Crippen molar-refractivity contribution in [3.05, 3.63) is 83.1 Å². The predicted octanol–water partition coefficient (Wildman–Crippen LogP) is 7.28. The third-order valence-electron chi connectivity index (χ3n) is 6.14. The number of rotatable bonds is 5. The molecular formula is C26H23ClFN3O2. The van der Waals surface area contributed by atoms with Crippen LogP contribution in [0.1, 0.15) is 47.8 Å². The number of anilines is 1. The zero-order valence-electron chi connectivity index (χ0n) is 18.1. The van der Waals surface area contributed by atoms with Gasteiger partial charge in [-0.2, -0.15) is 0 Å². The Morgan fingerprint density at radius 2 is 1.88 bits per heavy atom. The maximum atomic E-state index is 13.5. The van der Waals surface area contributed by atoms with Crippen molar-refractivity contribution in [2.75, 3.05) is 5.32 Å². The van der Waals surface area contributed by atoms with Crippen LogP contribution < -0.4 is 5.32 Å². The minimum absolute atomic E-state index is 0.189. The van der Waals surface area contributed by atoms with Crippen molar-refractivity contribution in [2.24, 2.45) is 0 Å². The molecule has 2 aromatic heterocycles. The molecule has 1 N–H and O–H groups in total. The van der Waals surface area contributed by atoms with Crippen LogP contribution in [-0.2, 0) is 0 Å². The normalized spacial score (nSPS) is 14.0. The van der Waals surface area contributed by atoms with Crippen LogP contribution in [0.15, 0.2) is 65.3 Å². The third kappa shape index (κ3) is 4.31. The van der Waals surface area contributed by atoms with Gasteiger partial charge in [0.15, 0.2) is 11.5 Å². The molecule has 1 aliphatic rings. The van der Waals surface area contributed by atoms with Gasteiger partial charge in [0.1, 0.15) is 11.5 Å². The Kier molecular flexibility index (Phi) is 5.77. The molecule has 4 aromatic rings. The molecule has 0 bridgehead atoms. The molecule has 5 rings (SSSR count). The van der Waals surface area contributed by atoms with Crippen molar-refractivity contribution < 1.29 is 13.6 Å². The zero-order chi connectivity index (χ0) is 22.9. The summed E-state index contributed by atoms with van der Waals surface area (Å²) in [5.41, 5.74) is 3.83. The highest BCUT2D eigenvalue weighted by Crippen LogP contribution is 2.39. The summed E-state index contributed by atoms with van der Waals surface area (Å²) in [5, 5.41) is 3.41. The van der Waals surface area contributed by atoms with Gasteiger partial charge in [-0.05, 0) is 73.9 Å². The maximum absolute atomic E-state index is 13.5. The van der Waals surface area contributed by atoms with Gasteiger partial charge in [-0.1, -0.05) is 30.5 Å². The van der Waals surface area contributed by atoms with Crippen molar-refractivity contribution in [1.82, 2.24) is 9.55 Å². The number of hydrogen-bond acceptors (Lipinski definition) is 3. The molecule has 1 amide bonds. The minimum Gasteiger partial charge on any atom is -0.449 e. The van der Waals surface area contributed by atoms with E-state index in [0.717, 1.165) is 29.7 Å². The van der Waals surface area contributed by atoms with E-state index in [9.17, 15) is 9.18 Å². The lowest BCUT2D eigenvalue weighted by molar-refractivity contribution is 0.0997. The molecule has 1 fully saturated rings. The molecule has 2 heterocycles. The third-order valence-corrected chi connectivity index (χ3v) is 6.38. The fourth-order valence-corrected chi connectivity index (χ4v) is 4.56. The highest BCUT2D eigenvalue weighted by Gasteiger charge is 2.26. The van der Waals surface area contributed by atoms with Crippen LogP contribution in [0, 0.1) is 12.7 Å². The number of benzene rings is 2. The second-order valence-corrected chi connectivity index (χ2v) is 8.81. The molecule has 1 saturated carbocycles. The number of amides is 1. The number of aryl methyl sites for hydroxylation is 1. The fourth-order valence-electron chi connectivity index (χ4n) is 4.38. The first-order valence-corrected chi connectivity index (χ1v) is 11.4. The first kappa shape index (κ1) is 21.5. The molecule has 2 aromatic carbocycles. The topological polar surface area (TPSA) is 60.1 Å². The van der Waals surface area contributed by atoms with E-state index in [-0.39, 0.29) is 17.5 Å². The molecule has 0 radical (unpaired) electrons. The van der Waals surface area contributed by atoms with Gasteiger partial charge in [-0.15, -0.1) is 0 Å². The Morgan fingerprint density at radius 3 is 2.64 bits per heavy atom. The summed E-state index contributed by atoms with van der Waals surface area (Å²) in [4.78, 5) is 17.5. The number of carbonyl (C=O) groups excluding carboxylic acids is 1. The highest BCUT2D eigenvalue weighted by molar-refractivity contribution is 6.31. The lowest BCUT2D eigenvalue weighted by Crippen LogP contribution is -2.11. The summed E-state index contributed by atoms with van der Waals surface area (Å²) in [7, 11) is 0. The molecule has 0 aliphatic heterocycles. The van der Waals surface area contributed by atoms with Gasteiger partial charge in [0.25, 0.3) is 5.91 Å². The SMILES string of the molecule is Cc1ccc(Cl)cc1NC(=O)c1ccc(-c2c(-c3ccc(F)cc3)ncn2C2CCCC2)o1. The molecule has 0 saturated heterocycles. The number of hydrogen-bond donors (Lipinski definition) is 1. The average Bonchev–Trinajstić information content (AvgIpc) is 3.56. The number of nitrogens with one attached hydrogen (secondary N) is 1. The van der Waals surface area contributed by atoms with Gasteiger partial charge in [-0.25, -0.2) is 9.37 Å². The Morgan fingerprint density at radius 1 is 1.12 bits per heavy atom. The molecule has 0 atom stereocenters. The first-order chi connectivity index (χ1) is 16.0. The summed E-state index contributed by atoms with van der Waals surface area (Å²) in [6, 6.07) is 15.3. The molecule has 7 heteroatoms. The van der Waals surface area contributed by atoms with Crippen LogP contribution in [0.3, 0.4) is 0 Å². The second-order valence-electron chi connectivity index (χ2n) is 8.37. The lowest BCUT2D eigenvalue weighted by atomic mass is 10.1. The summed E-state index contributed by atoms with van der Waals surface area (Å²) in [6.07, 6.45) is 6.28. The summed E-state index contributed by atoms with van der Waals surface area (Å²) < 4.78 is 21.7. The first-order valence-electron chi connectivity index (χ1n) is 11.0. The van der Waals surface area contributed by atoms with Gasteiger partial charge in [-0.3, -0.25) is 4.79 Å². The van der Waals surface area contributed by atoms with E-state index in [1.54, 1.807) is 36.4 Å². The Labute approximate surface area is 196 Å². The smallest absolute Gasteiger partial charge is 0.291 e. The Hall–Kier alpha value is -3.38. The average molecular weight is 464 g/mol. The number of halogens is 2. The van der Waals surface area contributed by atoms with Crippen molar-refractivity contribution in [3.8, 4) is 22.7 Å². The molecule has 1 aliphatic carbocycles. The largest absolute Gasteiger partial charge is 0.449 e. The number of nitrogens with zero attached hydrogens (tertiary/aromatic N) is 2. The molecule has 33 heavy (non-hydrogen) atoms. The van der Waals surface area contributed by atoms with Gasteiger partial charge >= 0.3 is 0 Å². The second kappa shape index (κ2) is 8.87. The fraction of sp³-hybridized carbons (Fsp3) is 0.231. The monoisotopic (exact) mass is 463 g/mol. The maximum Gasteiger partial charge on any atom is 0.291 e. The van der Waals surface area contributed by atoms with Gasteiger partial charge < -0.3 is 14.3 Å². The van der Waals surface area contributed by atoms with Crippen LogP contribution >= 0.6 is 11.6 Å². The molecule has 0 spiro atoms. The van der Waals surface area contributed by atoms with Crippen LogP contribution in [0.2, 0.25) is 5.02 Å². The molecule has 5 nitrogen and oxygen atoms in total. The van der Waals surface area contributed by atoms with E-state index in [0.29, 0.717) is 28.2 Å². The number of carbonyl (C=O) groups is 1. The van der Waals surface area contributed by atoms with Crippen molar-refractivity contribution in [1.29, 1.82) is 0 Å². The van der Waals surface area contributed by atoms with E-state index in [1.807, 2.05) is 19.3 Å². The van der Waals surface area contributed by atoms with Gasteiger partial charge in [0.2, 0.25) is 0 Å². The number of aromatic nitrogens is 2. The highest BCUT2D eigenvalue weighted by atomic mass is 35.5. The number of furan rings is 1. The van der Waals surface area contributed by atoms with Crippen molar-refractivity contribution >= 4 is 23.2 Å². The van der Waals surface area contributed by atoms with E-state index < -0.39 is 0 Å².